The molecule has 0 saturated heterocycles. The maximum absolute atomic E-state index is 13.1. The third kappa shape index (κ3) is 5.38. The molecule has 0 spiro atoms. The monoisotopic (exact) mass is 470 g/mol. The van der Waals surface area contributed by atoms with Crippen LogP contribution in [0.3, 0.4) is 0 Å². The van der Waals surface area contributed by atoms with Crippen LogP contribution in [0.2, 0.25) is 5.02 Å². The van der Waals surface area contributed by atoms with Crippen LogP contribution in [0.4, 0.5) is 4.39 Å². The average Bonchev–Trinajstić information content (AvgIpc) is 3.44. The first kappa shape index (κ1) is 22.1. The standard InChI is InChI=1S/C23H20ClFN4O2S/c1-15(22(30)26-13-16-4-10-19(25)11-5-16)32-23-28-27-21(17-6-8-18(24)9-7-17)29(23)14-20-3-2-12-31-20/h2-12,15H,13-14H2,1H3,(H,26,30). The van der Waals surface area contributed by atoms with Crippen LogP contribution >= 0.6 is 23.4 Å². The van der Waals surface area contributed by atoms with Gasteiger partial charge in [0.15, 0.2) is 11.0 Å². The molecule has 2 aromatic carbocycles. The molecule has 0 aliphatic carbocycles. The fraction of sp³-hybridized carbons (Fsp3) is 0.174. The van der Waals surface area contributed by atoms with Crippen LogP contribution in [0.1, 0.15) is 18.2 Å². The highest BCUT2D eigenvalue weighted by molar-refractivity contribution is 8.00. The van der Waals surface area contributed by atoms with Gasteiger partial charge in [0.2, 0.25) is 5.91 Å². The number of nitrogens with zero attached hydrogens (tertiary/aromatic N) is 3. The Balaban J connectivity index is 1.50. The number of benzene rings is 2. The van der Waals surface area contributed by atoms with Crippen LogP contribution in [0.5, 0.6) is 0 Å². The Morgan fingerprint density at radius 2 is 1.91 bits per heavy atom. The Labute approximate surface area is 193 Å². The van der Waals surface area contributed by atoms with Gasteiger partial charge in [-0.05, 0) is 61.0 Å². The van der Waals surface area contributed by atoms with Gasteiger partial charge in [-0.1, -0.05) is 35.5 Å². The molecule has 4 aromatic rings. The average molecular weight is 471 g/mol. The molecule has 0 radical (unpaired) electrons. The quantitative estimate of drug-likeness (QED) is 0.359. The molecule has 1 amide bonds. The fourth-order valence-electron chi connectivity index (χ4n) is 3.04. The molecule has 1 N–H and O–H groups in total. The smallest absolute Gasteiger partial charge is 0.233 e. The van der Waals surface area contributed by atoms with Crippen molar-refractivity contribution in [3.05, 3.63) is 89.1 Å². The maximum atomic E-state index is 13.1. The van der Waals surface area contributed by atoms with E-state index < -0.39 is 5.25 Å². The highest BCUT2D eigenvalue weighted by Crippen LogP contribution is 2.28. The Bertz CT molecular complexity index is 1180. The van der Waals surface area contributed by atoms with Gasteiger partial charge in [-0.25, -0.2) is 4.39 Å². The van der Waals surface area contributed by atoms with E-state index in [1.54, 1.807) is 37.5 Å². The van der Waals surface area contributed by atoms with E-state index in [0.717, 1.165) is 16.9 Å². The molecule has 1 unspecified atom stereocenters. The number of carbonyl (C=O) groups is 1. The number of furan rings is 1. The lowest BCUT2D eigenvalue weighted by atomic mass is 10.2. The Hall–Kier alpha value is -3.10. The van der Waals surface area contributed by atoms with Crippen molar-refractivity contribution in [1.82, 2.24) is 20.1 Å². The van der Waals surface area contributed by atoms with E-state index in [1.165, 1.54) is 23.9 Å². The lowest BCUT2D eigenvalue weighted by Crippen LogP contribution is -2.30. The molecule has 0 saturated carbocycles. The summed E-state index contributed by atoms with van der Waals surface area (Å²) in [6.07, 6.45) is 1.61. The lowest BCUT2D eigenvalue weighted by Gasteiger charge is -2.13. The molecule has 1 atom stereocenters. The van der Waals surface area contributed by atoms with Crippen LogP contribution in [0.25, 0.3) is 11.4 Å². The molecular formula is C23H20ClFN4O2S. The van der Waals surface area contributed by atoms with Crippen molar-refractivity contribution in [3.8, 4) is 11.4 Å². The first-order chi connectivity index (χ1) is 15.5. The number of halogens is 2. The van der Waals surface area contributed by atoms with Crippen LogP contribution in [0.15, 0.2) is 76.5 Å². The van der Waals surface area contributed by atoms with Crippen molar-refractivity contribution < 1.29 is 13.6 Å². The van der Waals surface area contributed by atoms with E-state index in [0.29, 0.717) is 29.1 Å². The normalized spacial score (nSPS) is 12.0. The minimum Gasteiger partial charge on any atom is -0.467 e. The highest BCUT2D eigenvalue weighted by Gasteiger charge is 2.21. The molecule has 6 nitrogen and oxygen atoms in total. The third-order valence-electron chi connectivity index (χ3n) is 4.74. The number of aromatic nitrogens is 3. The lowest BCUT2D eigenvalue weighted by molar-refractivity contribution is -0.120. The number of nitrogens with one attached hydrogen (secondary N) is 1. The SMILES string of the molecule is CC(Sc1nnc(-c2ccc(Cl)cc2)n1Cc1ccco1)C(=O)NCc1ccc(F)cc1. The van der Waals surface area contributed by atoms with E-state index in [2.05, 4.69) is 15.5 Å². The summed E-state index contributed by atoms with van der Waals surface area (Å²) in [4.78, 5) is 12.6. The number of amides is 1. The summed E-state index contributed by atoms with van der Waals surface area (Å²) in [6.45, 7) is 2.54. The molecule has 0 aliphatic heterocycles. The van der Waals surface area contributed by atoms with Gasteiger partial charge in [-0.3, -0.25) is 9.36 Å². The molecule has 9 heteroatoms. The zero-order valence-electron chi connectivity index (χ0n) is 17.2. The topological polar surface area (TPSA) is 73.0 Å². The van der Waals surface area contributed by atoms with Crippen LogP contribution in [-0.2, 0) is 17.9 Å². The first-order valence-electron chi connectivity index (χ1n) is 9.90. The molecule has 2 aromatic heterocycles. The summed E-state index contributed by atoms with van der Waals surface area (Å²) in [6, 6.07) is 17.1. The number of hydrogen-bond acceptors (Lipinski definition) is 5. The highest BCUT2D eigenvalue weighted by atomic mass is 35.5. The second-order valence-corrected chi connectivity index (χ2v) is 8.83. The van der Waals surface area contributed by atoms with Gasteiger partial charge in [-0.15, -0.1) is 10.2 Å². The largest absolute Gasteiger partial charge is 0.467 e. The summed E-state index contributed by atoms with van der Waals surface area (Å²) in [7, 11) is 0. The van der Waals surface area contributed by atoms with Crippen LogP contribution < -0.4 is 5.32 Å². The number of rotatable bonds is 8. The molecular weight excluding hydrogens is 451 g/mol. The summed E-state index contributed by atoms with van der Waals surface area (Å²) >= 11 is 7.33. The number of thioether (sulfide) groups is 1. The molecule has 0 aliphatic rings. The summed E-state index contributed by atoms with van der Waals surface area (Å²) in [5, 5.41) is 12.4. The number of hydrogen-bond donors (Lipinski definition) is 1. The van der Waals surface area contributed by atoms with Crippen molar-refractivity contribution in [3.63, 3.8) is 0 Å². The third-order valence-corrected chi connectivity index (χ3v) is 6.08. The summed E-state index contributed by atoms with van der Waals surface area (Å²) in [5.41, 5.74) is 1.68. The van der Waals surface area contributed by atoms with Gasteiger partial charge in [0.25, 0.3) is 0 Å². The van der Waals surface area contributed by atoms with Crippen molar-refractivity contribution >= 4 is 29.3 Å². The second-order valence-electron chi connectivity index (χ2n) is 7.08. The van der Waals surface area contributed by atoms with E-state index >= 15 is 0 Å². The Morgan fingerprint density at radius 3 is 2.59 bits per heavy atom. The van der Waals surface area contributed by atoms with Gasteiger partial charge in [0.05, 0.1) is 18.1 Å². The van der Waals surface area contributed by atoms with Gasteiger partial charge in [-0.2, -0.15) is 0 Å². The van der Waals surface area contributed by atoms with Gasteiger partial charge < -0.3 is 9.73 Å². The predicted octanol–water partition coefficient (Wildman–Crippen LogP) is 5.18. The van der Waals surface area contributed by atoms with Crippen molar-refractivity contribution in [1.29, 1.82) is 0 Å². The zero-order chi connectivity index (χ0) is 22.5. The summed E-state index contributed by atoms with van der Waals surface area (Å²) < 4.78 is 20.5. The summed E-state index contributed by atoms with van der Waals surface area (Å²) in [5.74, 6) is 0.936. The van der Waals surface area contributed by atoms with Crippen molar-refractivity contribution in [2.45, 2.75) is 30.4 Å². The predicted molar refractivity (Wildman–Crippen MR) is 122 cm³/mol. The Kier molecular flexibility index (Phi) is 6.92. The van der Waals surface area contributed by atoms with Crippen LogP contribution in [0, 0.1) is 5.82 Å². The second kappa shape index (κ2) is 10.0. The Morgan fingerprint density at radius 1 is 1.16 bits per heavy atom. The molecule has 0 bridgehead atoms. The van der Waals surface area contributed by atoms with E-state index in [9.17, 15) is 9.18 Å². The van der Waals surface area contributed by atoms with Gasteiger partial charge >= 0.3 is 0 Å². The first-order valence-corrected chi connectivity index (χ1v) is 11.2. The maximum Gasteiger partial charge on any atom is 0.233 e. The van der Waals surface area contributed by atoms with E-state index in [1.807, 2.05) is 28.8 Å². The van der Waals surface area contributed by atoms with E-state index in [4.69, 9.17) is 16.0 Å². The molecule has 164 valence electrons. The number of carbonyl (C=O) groups excluding carboxylic acids is 1. The zero-order valence-corrected chi connectivity index (χ0v) is 18.7. The van der Waals surface area contributed by atoms with E-state index in [-0.39, 0.29) is 11.7 Å². The minimum atomic E-state index is -0.423. The van der Waals surface area contributed by atoms with Crippen molar-refractivity contribution in [2.24, 2.45) is 0 Å². The molecule has 0 fully saturated rings. The van der Waals surface area contributed by atoms with Gasteiger partial charge in [0, 0.05) is 17.1 Å². The molecule has 4 rings (SSSR count). The van der Waals surface area contributed by atoms with Crippen molar-refractivity contribution in [2.75, 3.05) is 0 Å². The molecule has 32 heavy (non-hydrogen) atoms. The van der Waals surface area contributed by atoms with Gasteiger partial charge in [0.1, 0.15) is 11.6 Å². The fourth-order valence-corrected chi connectivity index (χ4v) is 4.03. The molecule has 2 heterocycles. The minimum absolute atomic E-state index is 0.153. The van der Waals surface area contributed by atoms with Crippen LogP contribution in [-0.4, -0.2) is 25.9 Å².